The number of carbonyl (C=O) groups is 2. The lowest BCUT2D eigenvalue weighted by atomic mass is 10.2. The SMILES string of the molecule is COC(=O)N(C)c1ccc(NC(=O)c2cc(S(=O)(=O)N3CCCCC3)cn2C)cc1. The highest BCUT2D eigenvalue weighted by molar-refractivity contribution is 7.89. The van der Waals surface area contributed by atoms with Crippen LogP contribution in [0.4, 0.5) is 16.2 Å². The zero-order chi connectivity index (χ0) is 21.9. The number of sulfonamides is 1. The van der Waals surface area contributed by atoms with Crippen LogP contribution in [0, 0.1) is 0 Å². The predicted octanol–water partition coefficient (Wildman–Crippen LogP) is 2.65. The van der Waals surface area contributed by atoms with Crippen LogP contribution in [0.5, 0.6) is 0 Å². The third kappa shape index (κ3) is 4.49. The van der Waals surface area contributed by atoms with E-state index in [0.717, 1.165) is 19.3 Å². The number of hydrogen-bond donors (Lipinski definition) is 1. The molecule has 1 saturated heterocycles. The number of aromatic nitrogens is 1. The molecule has 0 atom stereocenters. The van der Waals surface area contributed by atoms with Gasteiger partial charge in [-0.2, -0.15) is 4.31 Å². The van der Waals surface area contributed by atoms with Gasteiger partial charge < -0.3 is 14.6 Å². The van der Waals surface area contributed by atoms with Crippen molar-refractivity contribution in [2.24, 2.45) is 7.05 Å². The molecule has 1 N–H and O–H groups in total. The Hall–Kier alpha value is -2.85. The summed E-state index contributed by atoms with van der Waals surface area (Å²) in [4.78, 5) is 25.7. The van der Waals surface area contributed by atoms with Crippen LogP contribution in [-0.2, 0) is 21.8 Å². The number of piperidine rings is 1. The van der Waals surface area contributed by atoms with Crippen molar-refractivity contribution in [3.05, 3.63) is 42.2 Å². The summed E-state index contributed by atoms with van der Waals surface area (Å²) in [6.07, 6.45) is 3.69. The summed E-state index contributed by atoms with van der Waals surface area (Å²) >= 11 is 0. The van der Waals surface area contributed by atoms with Gasteiger partial charge in [0.15, 0.2) is 0 Å². The topological polar surface area (TPSA) is 101 Å². The maximum atomic E-state index is 12.9. The molecule has 0 unspecified atom stereocenters. The molecule has 162 valence electrons. The first-order valence-corrected chi connectivity index (χ1v) is 11.1. The normalized spacial score (nSPS) is 14.9. The summed E-state index contributed by atoms with van der Waals surface area (Å²) in [5.74, 6) is -0.424. The van der Waals surface area contributed by atoms with E-state index >= 15 is 0 Å². The van der Waals surface area contributed by atoms with Gasteiger partial charge >= 0.3 is 6.09 Å². The fourth-order valence-corrected chi connectivity index (χ4v) is 4.95. The quantitative estimate of drug-likeness (QED) is 0.780. The van der Waals surface area contributed by atoms with Crippen LogP contribution in [0.15, 0.2) is 41.4 Å². The van der Waals surface area contributed by atoms with Crippen LogP contribution in [-0.4, -0.2) is 56.5 Å². The van der Waals surface area contributed by atoms with E-state index in [1.165, 1.54) is 33.1 Å². The van der Waals surface area contributed by atoms with Crippen molar-refractivity contribution in [3.8, 4) is 0 Å². The largest absolute Gasteiger partial charge is 0.452 e. The molecular formula is C20H26N4O5S. The second kappa shape index (κ2) is 8.88. The van der Waals surface area contributed by atoms with E-state index in [9.17, 15) is 18.0 Å². The Kier molecular flexibility index (Phi) is 6.47. The number of methoxy groups -OCH3 is 1. The van der Waals surface area contributed by atoms with Crippen LogP contribution in [0.25, 0.3) is 0 Å². The van der Waals surface area contributed by atoms with E-state index in [1.54, 1.807) is 38.4 Å². The highest BCUT2D eigenvalue weighted by Crippen LogP contribution is 2.23. The van der Waals surface area contributed by atoms with E-state index in [4.69, 9.17) is 0 Å². The average Bonchev–Trinajstić information content (AvgIpc) is 3.16. The molecular weight excluding hydrogens is 408 g/mol. The Labute approximate surface area is 176 Å². The van der Waals surface area contributed by atoms with Crippen molar-refractivity contribution in [1.82, 2.24) is 8.87 Å². The second-order valence-electron chi connectivity index (χ2n) is 7.17. The van der Waals surface area contributed by atoms with Gasteiger partial charge in [0.05, 0.1) is 7.11 Å². The van der Waals surface area contributed by atoms with Gasteiger partial charge in [0.25, 0.3) is 5.91 Å². The van der Waals surface area contributed by atoms with Crippen molar-refractivity contribution in [2.45, 2.75) is 24.2 Å². The van der Waals surface area contributed by atoms with Gasteiger partial charge in [0, 0.05) is 44.8 Å². The first kappa shape index (κ1) is 21.8. The lowest BCUT2D eigenvalue weighted by Crippen LogP contribution is -2.35. The maximum absolute atomic E-state index is 12.9. The molecule has 10 heteroatoms. The van der Waals surface area contributed by atoms with Crippen LogP contribution in [0.3, 0.4) is 0 Å². The predicted molar refractivity (Wildman–Crippen MR) is 113 cm³/mol. The Morgan fingerprint density at radius 3 is 2.33 bits per heavy atom. The highest BCUT2D eigenvalue weighted by Gasteiger charge is 2.28. The molecule has 9 nitrogen and oxygen atoms in total. The highest BCUT2D eigenvalue weighted by atomic mass is 32.2. The van der Waals surface area contributed by atoms with Crippen molar-refractivity contribution in [3.63, 3.8) is 0 Å². The number of carbonyl (C=O) groups excluding carboxylic acids is 2. The third-order valence-corrected chi connectivity index (χ3v) is 6.99. The Morgan fingerprint density at radius 1 is 1.10 bits per heavy atom. The van der Waals surface area contributed by atoms with Gasteiger partial charge in [0.1, 0.15) is 10.6 Å². The number of nitrogens with zero attached hydrogens (tertiary/aromatic N) is 3. The molecule has 2 aromatic rings. The number of benzene rings is 1. The Morgan fingerprint density at radius 2 is 1.73 bits per heavy atom. The van der Waals surface area contributed by atoms with Crippen molar-refractivity contribution >= 4 is 33.4 Å². The number of anilines is 2. The summed E-state index contributed by atoms with van der Waals surface area (Å²) in [5, 5.41) is 2.75. The lowest BCUT2D eigenvalue weighted by Gasteiger charge is -2.25. The third-order valence-electron chi connectivity index (χ3n) is 5.13. The lowest BCUT2D eigenvalue weighted by molar-refractivity contribution is 0.101. The molecule has 0 aliphatic carbocycles. The fourth-order valence-electron chi connectivity index (χ4n) is 3.36. The molecule has 0 saturated carbocycles. The van der Waals surface area contributed by atoms with Crippen molar-refractivity contribution < 1.29 is 22.7 Å². The van der Waals surface area contributed by atoms with Crippen LogP contribution < -0.4 is 10.2 Å². The summed E-state index contributed by atoms with van der Waals surface area (Å²) in [7, 11) is 0.900. The zero-order valence-electron chi connectivity index (χ0n) is 17.3. The molecule has 2 heterocycles. The first-order chi connectivity index (χ1) is 14.2. The summed E-state index contributed by atoms with van der Waals surface area (Å²) in [6.45, 7) is 1.01. The molecule has 1 aromatic heterocycles. The number of hydrogen-bond acceptors (Lipinski definition) is 5. The van der Waals surface area contributed by atoms with E-state index in [0.29, 0.717) is 24.5 Å². The smallest absolute Gasteiger partial charge is 0.413 e. The number of ether oxygens (including phenoxy) is 1. The monoisotopic (exact) mass is 434 g/mol. The number of rotatable bonds is 5. The molecule has 0 radical (unpaired) electrons. The Balaban J connectivity index is 1.74. The van der Waals surface area contributed by atoms with Crippen LogP contribution >= 0.6 is 0 Å². The van der Waals surface area contributed by atoms with Crippen molar-refractivity contribution in [1.29, 1.82) is 0 Å². The standard InChI is InChI=1S/C20H26N4O5S/c1-22-14-17(30(27,28)24-11-5-4-6-12-24)13-18(22)19(25)21-15-7-9-16(10-8-15)23(2)20(26)29-3/h7-10,13-14H,4-6,11-12H2,1-3H3,(H,21,25). The molecule has 1 aliphatic rings. The van der Waals surface area contributed by atoms with Crippen molar-refractivity contribution in [2.75, 3.05) is 37.5 Å². The van der Waals surface area contributed by atoms with E-state index in [-0.39, 0.29) is 10.6 Å². The molecule has 3 rings (SSSR count). The van der Waals surface area contributed by atoms with Gasteiger partial charge in [-0.25, -0.2) is 13.2 Å². The van der Waals surface area contributed by atoms with Gasteiger partial charge in [0.2, 0.25) is 10.0 Å². The van der Waals surface area contributed by atoms with Gasteiger partial charge in [-0.1, -0.05) is 6.42 Å². The average molecular weight is 435 g/mol. The molecule has 0 spiro atoms. The molecule has 1 fully saturated rings. The molecule has 2 amide bonds. The minimum absolute atomic E-state index is 0.118. The van der Waals surface area contributed by atoms with Crippen LogP contribution in [0.2, 0.25) is 0 Å². The molecule has 30 heavy (non-hydrogen) atoms. The van der Waals surface area contributed by atoms with Gasteiger partial charge in [-0.3, -0.25) is 9.69 Å². The maximum Gasteiger partial charge on any atom is 0.413 e. The van der Waals surface area contributed by atoms with E-state index in [2.05, 4.69) is 10.1 Å². The van der Waals surface area contributed by atoms with Gasteiger partial charge in [-0.05, 0) is 43.2 Å². The second-order valence-corrected chi connectivity index (χ2v) is 9.10. The van der Waals surface area contributed by atoms with E-state index < -0.39 is 22.0 Å². The Bertz CT molecular complexity index is 1020. The summed E-state index contributed by atoms with van der Waals surface area (Å²) in [5.41, 5.74) is 1.36. The molecule has 1 aromatic carbocycles. The van der Waals surface area contributed by atoms with E-state index in [1.807, 2.05) is 0 Å². The summed E-state index contributed by atoms with van der Waals surface area (Å²) in [6, 6.07) is 8.05. The molecule has 0 bridgehead atoms. The number of amides is 2. The fraction of sp³-hybridized carbons (Fsp3) is 0.400. The zero-order valence-corrected chi connectivity index (χ0v) is 18.1. The number of nitrogens with one attached hydrogen (secondary N) is 1. The summed E-state index contributed by atoms with van der Waals surface area (Å²) < 4.78 is 33.4. The minimum Gasteiger partial charge on any atom is -0.452 e. The molecule has 1 aliphatic heterocycles. The van der Waals surface area contributed by atoms with Crippen LogP contribution in [0.1, 0.15) is 29.8 Å². The first-order valence-electron chi connectivity index (χ1n) is 9.63. The van der Waals surface area contributed by atoms with Gasteiger partial charge in [-0.15, -0.1) is 0 Å². The minimum atomic E-state index is -3.61. The number of aryl methyl sites for hydroxylation is 1.